The highest BCUT2D eigenvalue weighted by atomic mass is 32.2. The molecule has 3 nitrogen and oxygen atoms in total. The quantitative estimate of drug-likeness (QED) is 0.393. The normalized spacial score (nSPS) is 13.7. The van der Waals surface area contributed by atoms with E-state index in [1.165, 1.54) is 66.7 Å². The van der Waals surface area contributed by atoms with Crippen molar-refractivity contribution >= 4 is 11.8 Å². The highest BCUT2D eigenvalue weighted by Gasteiger charge is 2.20. The Labute approximate surface area is 139 Å². The number of hydrogen-bond donors (Lipinski definition) is 0. The molecule has 4 heteroatoms. The van der Waals surface area contributed by atoms with Crippen molar-refractivity contribution in [2.75, 3.05) is 94.1 Å². The number of quaternary nitrogens is 3. The lowest BCUT2D eigenvalue weighted by Crippen LogP contribution is -2.47. The summed E-state index contributed by atoms with van der Waals surface area (Å²) in [5, 5.41) is 0. The molecule has 0 heterocycles. The van der Waals surface area contributed by atoms with Crippen LogP contribution in [0.25, 0.3) is 0 Å². The van der Waals surface area contributed by atoms with Gasteiger partial charge < -0.3 is 13.4 Å². The molecule has 128 valence electrons. The second-order valence-corrected chi connectivity index (χ2v) is 9.82. The van der Waals surface area contributed by atoms with E-state index in [1.54, 1.807) is 0 Å². The standard InChI is InChI=1S/C17H42N3S/c1-18(2,3)12-9-13-19(4,5)14-10-15-20(6,7)16-11-17-21-8/h9-17H2,1-8H3/q+3. The summed E-state index contributed by atoms with van der Waals surface area (Å²) in [5.41, 5.74) is 0. The molecule has 0 saturated carbocycles. The van der Waals surface area contributed by atoms with E-state index in [4.69, 9.17) is 0 Å². The maximum atomic E-state index is 2.39. The van der Waals surface area contributed by atoms with Gasteiger partial charge in [0.05, 0.1) is 82.1 Å². The monoisotopic (exact) mass is 320 g/mol. The maximum absolute atomic E-state index is 2.39. The van der Waals surface area contributed by atoms with Crippen LogP contribution >= 0.6 is 11.8 Å². The summed E-state index contributed by atoms with van der Waals surface area (Å²) < 4.78 is 3.43. The van der Waals surface area contributed by atoms with Crippen molar-refractivity contribution in [3.63, 3.8) is 0 Å². The average molecular weight is 321 g/mol. The van der Waals surface area contributed by atoms with Crippen molar-refractivity contribution in [2.24, 2.45) is 0 Å². The molecular formula is C17H42N3S+3. The Balaban J connectivity index is 3.91. The molecule has 0 N–H and O–H groups in total. The van der Waals surface area contributed by atoms with E-state index >= 15 is 0 Å². The molecule has 0 amide bonds. The Kier molecular flexibility index (Phi) is 9.49. The van der Waals surface area contributed by atoms with Gasteiger partial charge in [-0.2, -0.15) is 11.8 Å². The van der Waals surface area contributed by atoms with Crippen LogP contribution in [-0.2, 0) is 0 Å². The lowest BCUT2D eigenvalue weighted by molar-refractivity contribution is -0.914. The largest absolute Gasteiger partial charge is 0.331 e. The van der Waals surface area contributed by atoms with Crippen LogP contribution in [0.1, 0.15) is 19.3 Å². The topological polar surface area (TPSA) is 0 Å². The van der Waals surface area contributed by atoms with Crippen LogP contribution in [0, 0.1) is 0 Å². The Morgan fingerprint density at radius 2 is 0.952 bits per heavy atom. The molecule has 0 aliphatic heterocycles. The number of nitrogens with zero attached hydrogens (tertiary/aromatic N) is 3. The summed E-state index contributed by atoms with van der Waals surface area (Å²) in [7, 11) is 16.4. The van der Waals surface area contributed by atoms with Gasteiger partial charge in [0.15, 0.2) is 0 Å². The molecule has 0 bridgehead atoms. The predicted molar refractivity (Wildman–Crippen MR) is 98.8 cm³/mol. The van der Waals surface area contributed by atoms with Gasteiger partial charge in [-0.15, -0.1) is 0 Å². The van der Waals surface area contributed by atoms with Crippen LogP contribution in [0.3, 0.4) is 0 Å². The van der Waals surface area contributed by atoms with E-state index in [-0.39, 0.29) is 0 Å². The highest BCUT2D eigenvalue weighted by Crippen LogP contribution is 2.08. The van der Waals surface area contributed by atoms with Crippen LogP contribution in [0.4, 0.5) is 0 Å². The molecule has 0 unspecified atom stereocenters. The zero-order chi connectivity index (χ0) is 16.6. The van der Waals surface area contributed by atoms with E-state index in [9.17, 15) is 0 Å². The Morgan fingerprint density at radius 1 is 0.571 bits per heavy atom. The number of hydrogen-bond acceptors (Lipinski definition) is 1. The summed E-state index contributed by atoms with van der Waals surface area (Å²) in [5.74, 6) is 1.30. The molecule has 0 rings (SSSR count). The second kappa shape index (κ2) is 9.39. The van der Waals surface area contributed by atoms with Gasteiger partial charge in [0.1, 0.15) is 0 Å². The van der Waals surface area contributed by atoms with Crippen LogP contribution in [0.5, 0.6) is 0 Å². The summed E-state index contributed by atoms with van der Waals surface area (Å²) in [6.45, 7) is 6.51. The average Bonchev–Trinajstić information content (AvgIpc) is 2.26. The first-order valence-electron chi connectivity index (χ1n) is 8.41. The fraction of sp³-hybridized carbons (Fsp3) is 1.00. The third-order valence-corrected chi connectivity index (χ3v) is 4.93. The maximum Gasteiger partial charge on any atom is 0.0836 e. The molecular weight excluding hydrogens is 278 g/mol. The molecule has 0 aromatic carbocycles. The number of rotatable bonds is 12. The highest BCUT2D eigenvalue weighted by molar-refractivity contribution is 7.98. The van der Waals surface area contributed by atoms with E-state index in [0.29, 0.717) is 0 Å². The predicted octanol–water partition coefficient (Wildman–Crippen LogP) is 2.38. The SMILES string of the molecule is CSCCC[N+](C)(C)CCC[N+](C)(C)CCC[N+](C)(C)C. The minimum Gasteiger partial charge on any atom is -0.331 e. The van der Waals surface area contributed by atoms with Gasteiger partial charge >= 0.3 is 0 Å². The third kappa shape index (κ3) is 13.6. The Bertz CT molecular complexity index is 270. The second-order valence-electron chi connectivity index (χ2n) is 8.83. The first kappa shape index (κ1) is 21.2. The lowest BCUT2D eigenvalue weighted by Gasteiger charge is -2.34. The Hall–Kier alpha value is 0.230. The molecule has 0 atom stereocenters. The molecule has 21 heavy (non-hydrogen) atoms. The summed E-state index contributed by atoms with van der Waals surface area (Å²) in [6.07, 6.45) is 6.21. The van der Waals surface area contributed by atoms with Crippen molar-refractivity contribution in [3.05, 3.63) is 0 Å². The smallest absolute Gasteiger partial charge is 0.0836 e. The minimum absolute atomic E-state index is 1.08. The first-order valence-corrected chi connectivity index (χ1v) is 9.80. The van der Waals surface area contributed by atoms with Gasteiger partial charge in [-0.05, 0) is 12.0 Å². The molecule has 0 aromatic rings. The molecule has 0 aliphatic rings. The van der Waals surface area contributed by atoms with Gasteiger partial charge in [-0.3, -0.25) is 0 Å². The summed E-state index contributed by atoms with van der Waals surface area (Å²) >= 11 is 1.97. The fourth-order valence-electron chi connectivity index (χ4n) is 2.76. The molecule has 0 spiro atoms. The van der Waals surface area contributed by atoms with Gasteiger partial charge in [-0.1, -0.05) is 0 Å². The van der Waals surface area contributed by atoms with E-state index in [0.717, 1.165) is 4.48 Å². The molecule has 0 radical (unpaired) electrons. The van der Waals surface area contributed by atoms with E-state index in [1.807, 2.05) is 11.8 Å². The first-order chi connectivity index (χ1) is 9.47. The van der Waals surface area contributed by atoms with Crippen LogP contribution < -0.4 is 0 Å². The molecule has 0 aromatic heterocycles. The summed E-state index contributed by atoms with van der Waals surface area (Å²) in [4.78, 5) is 0. The molecule has 0 aliphatic carbocycles. The molecule has 0 fully saturated rings. The van der Waals surface area contributed by atoms with Gasteiger partial charge in [0.25, 0.3) is 0 Å². The van der Waals surface area contributed by atoms with E-state index < -0.39 is 0 Å². The van der Waals surface area contributed by atoms with Crippen molar-refractivity contribution in [1.29, 1.82) is 0 Å². The van der Waals surface area contributed by atoms with Gasteiger partial charge in [0.2, 0.25) is 0 Å². The summed E-state index contributed by atoms with van der Waals surface area (Å²) in [6, 6.07) is 0. The number of thioether (sulfide) groups is 1. The third-order valence-electron chi connectivity index (χ3n) is 4.23. The van der Waals surface area contributed by atoms with Crippen LogP contribution in [-0.4, -0.2) is 108 Å². The van der Waals surface area contributed by atoms with E-state index in [2.05, 4.69) is 55.6 Å². The fourth-order valence-corrected chi connectivity index (χ4v) is 3.18. The minimum atomic E-state index is 1.08. The van der Waals surface area contributed by atoms with Crippen molar-refractivity contribution < 1.29 is 13.4 Å². The van der Waals surface area contributed by atoms with Crippen LogP contribution in [0.15, 0.2) is 0 Å². The Morgan fingerprint density at radius 3 is 1.33 bits per heavy atom. The van der Waals surface area contributed by atoms with Crippen molar-refractivity contribution in [1.82, 2.24) is 0 Å². The zero-order valence-electron chi connectivity index (χ0n) is 16.1. The van der Waals surface area contributed by atoms with Gasteiger partial charge in [-0.25, -0.2) is 0 Å². The van der Waals surface area contributed by atoms with Gasteiger partial charge in [0, 0.05) is 19.3 Å². The van der Waals surface area contributed by atoms with Crippen molar-refractivity contribution in [3.8, 4) is 0 Å². The van der Waals surface area contributed by atoms with Crippen molar-refractivity contribution in [2.45, 2.75) is 19.3 Å². The lowest BCUT2D eigenvalue weighted by atomic mass is 10.2. The van der Waals surface area contributed by atoms with Crippen LogP contribution in [0.2, 0.25) is 0 Å². The molecule has 0 saturated heterocycles. The zero-order valence-corrected chi connectivity index (χ0v) is 16.9.